The van der Waals surface area contributed by atoms with Crippen molar-refractivity contribution in [2.24, 2.45) is 0 Å². The number of benzene rings is 2. The smallest absolute Gasteiger partial charge is 0.339 e. The van der Waals surface area contributed by atoms with Crippen LogP contribution >= 0.6 is 11.6 Å². The molecule has 25 heavy (non-hydrogen) atoms. The molecule has 134 valence electrons. The number of hydrogen-bond acceptors (Lipinski definition) is 5. The quantitative estimate of drug-likeness (QED) is 0.775. The zero-order valence-corrected chi connectivity index (χ0v) is 15.5. The molecular weight excluding hydrogens is 366 g/mol. The second-order valence-corrected chi connectivity index (χ2v) is 7.37. The minimum atomic E-state index is -3.85. The summed E-state index contributed by atoms with van der Waals surface area (Å²) in [6, 6.07) is 10.4. The third-order valence-electron chi connectivity index (χ3n) is 3.60. The zero-order chi connectivity index (χ0) is 18.6. The maximum absolute atomic E-state index is 12.6. The topological polar surface area (TPSA) is 81.7 Å². The van der Waals surface area contributed by atoms with Crippen LogP contribution in [0.15, 0.2) is 47.4 Å². The largest absolute Gasteiger partial charge is 0.497 e. The van der Waals surface area contributed by atoms with E-state index >= 15 is 0 Å². The van der Waals surface area contributed by atoms with Crippen LogP contribution < -0.4 is 9.46 Å². The van der Waals surface area contributed by atoms with Crippen LogP contribution in [-0.2, 0) is 14.8 Å². The van der Waals surface area contributed by atoms with Gasteiger partial charge in [0.1, 0.15) is 5.75 Å². The summed E-state index contributed by atoms with van der Waals surface area (Å²) in [6.45, 7) is 1.72. The van der Waals surface area contributed by atoms with E-state index in [2.05, 4.69) is 9.46 Å². The Morgan fingerprint density at radius 1 is 1.12 bits per heavy atom. The maximum atomic E-state index is 12.6. The number of esters is 1. The van der Waals surface area contributed by atoms with Gasteiger partial charge in [0.25, 0.3) is 0 Å². The molecule has 0 aliphatic carbocycles. The number of nitrogens with one attached hydrogen (secondary N) is 1. The number of carbonyl (C=O) groups excluding carboxylic acids is 1. The van der Waals surface area contributed by atoms with Crippen molar-refractivity contribution in [2.45, 2.75) is 17.9 Å². The molecule has 6 nitrogen and oxygen atoms in total. The summed E-state index contributed by atoms with van der Waals surface area (Å²) >= 11 is 5.92. The van der Waals surface area contributed by atoms with Crippen LogP contribution in [0.4, 0.5) is 0 Å². The standard InChI is InChI=1S/C17H18ClNO5S/c1-11(12-4-6-13(23-2)7-5-12)19-25(21,22)14-8-9-16(18)15(10-14)17(20)24-3/h4-11,19H,1-3H3/t11-/m0/s1. The van der Waals surface area contributed by atoms with Crippen LogP contribution in [-0.4, -0.2) is 28.6 Å². The summed E-state index contributed by atoms with van der Waals surface area (Å²) in [5.41, 5.74) is 0.760. The van der Waals surface area contributed by atoms with E-state index in [-0.39, 0.29) is 15.5 Å². The lowest BCUT2D eigenvalue weighted by Crippen LogP contribution is -2.27. The normalized spacial score (nSPS) is 12.5. The average Bonchev–Trinajstić information content (AvgIpc) is 2.61. The highest BCUT2D eigenvalue weighted by molar-refractivity contribution is 7.89. The van der Waals surface area contributed by atoms with Crippen molar-refractivity contribution >= 4 is 27.6 Å². The molecule has 0 radical (unpaired) electrons. The third-order valence-corrected chi connectivity index (χ3v) is 5.47. The molecule has 0 bridgehead atoms. The van der Waals surface area contributed by atoms with Gasteiger partial charge in [-0.15, -0.1) is 0 Å². The number of carbonyl (C=O) groups is 1. The molecule has 0 aliphatic rings. The zero-order valence-electron chi connectivity index (χ0n) is 13.9. The highest BCUT2D eigenvalue weighted by Crippen LogP contribution is 2.23. The number of hydrogen-bond donors (Lipinski definition) is 1. The first-order chi connectivity index (χ1) is 11.8. The molecule has 2 aromatic rings. The second kappa shape index (κ2) is 7.86. The molecular formula is C17H18ClNO5S. The Bertz CT molecular complexity index is 865. The van der Waals surface area contributed by atoms with E-state index in [0.29, 0.717) is 5.75 Å². The van der Waals surface area contributed by atoms with Crippen LogP contribution in [0.25, 0.3) is 0 Å². The van der Waals surface area contributed by atoms with Crippen LogP contribution in [0.2, 0.25) is 5.02 Å². The molecule has 2 rings (SSSR count). The summed E-state index contributed by atoms with van der Waals surface area (Å²) in [5, 5.41) is 0.119. The van der Waals surface area contributed by atoms with Gasteiger partial charge in [-0.2, -0.15) is 0 Å². The highest BCUT2D eigenvalue weighted by atomic mass is 35.5. The van der Waals surface area contributed by atoms with Crippen molar-refractivity contribution < 1.29 is 22.7 Å². The summed E-state index contributed by atoms with van der Waals surface area (Å²) in [4.78, 5) is 11.6. The Morgan fingerprint density at radius 3 is 2.32 bits per heavy atom. The predicted molar refractivity (Wildman–Crippen MR) is 94.5 cm³/mol. The Labute approximate surface area is 151 Å². The van der Waals surface area contributed by atoms with Gasteiger partial charge in [0, 0.05) is 6.04 Å². The van der Waals surface area contributed by atoms with Crippen LogP contribution in [0.3, 0.4) is 0 Å². The van der Waals surface area contributed by atoms with Crippen LogP contribution in [0.1, 0.15) is 28.9 Å². The van der Waals surface area contributed by atoms with E-state index in [0.717, 1.165) is 5.56 Å². The summed E-state index contributed by atoms with van der Waals surface area (Å²) < 4.78 is 37.4. The van der Waals surface area contributed by atoms with Crippen molar-refractivity contribution in [3.8, 4) is 5.75 Å². The van der Waals surface area contributed by atoms with Crippen molar-refractivity contribution in [1.29, 1.82) is 0 Å². The summed E-state index contributed by atoms with van der Waals surface area (Å²) in [7, 11) is -1.10. The van der Waals surface area contributed by atoms with Gasteiger partial charge < -0.3 is 9.47 Å². The van der Waals surface area contributed by atoms with Crippen LogP contribution in [0, 0.1) is 0 Å². The first kappa shape index (κ1) is 19.2. The second-order valence-electron chi connectivity index (χ2n) is 5.25. The van der Waals surface area contributed by atoms with E-state index in [1.165, 1.54) is 25.3 Å². The van der Waals surface area contributed by atoms with Crippen molar-refractivity contribution in [3.63, 3.8) is 0 Å². The highest BCUT2D eigenvalue weighted by Gasteiger charge is 2.21. The molecule has 1 N–H and O–H groups in total. The molecule has 0 spiro atoms. The SMILES string of the molecule is COC(=O)c1cc(S(=O)(=O)N[C@@H](C)c2ccc(OC)cc2)ccc1Cl. The Morgan fingerprint density at radius 2 is 1.76 bits per heavy atom. The minimum Gasteiger partial charge on any atom is -0.497 e. The van der Waals surface area contributed by atoms with Gasteiger partial charge in [0.2, 0.25) is 10.0 Å². The molecule has 1 atom stereocenters. The maximum Gasteiger partial charge on any atom is 0.339 e. The number of sulfonamides is 1. The Hall–Kier alpha value is -2.09. The number of methoxy groups -OCH3 is 2. The van der Waals surface area contributed by atoms with Crippen LogP contribution in [0.5, 0.6) is 5.75 Å². The lowest BCUT2D eigenvalue weighted by molar-refractivity contribution is 0.0600. The molecule has 0 unspecified atom stereocenters. The first-order valence-electron chi connectivity index (χ1n) is 7.32. The number of rotatable bonds is 6. The molecule has 0 aliphatic heterocycles. The van der Waals surface area contributed by atoms with E-state index < -0.39 is 22.0 Å². The molecule has 0 saturated heterocycles. The molecule has 0 aromatic heterocycles. The average molecular weight is 384 g/mol. The lowest BCUT2D eigenvalue weighted by Gasteiger charge is -2.15. The van der Waals surface area contributed by atoms with E-state index in [4.69, 9.17) is 16.3 Å². The molecule has 0 saturated carbocycles. The Kier molecular flexibility index (Phi) is 6.05. The fourth-order valence-electron chi connectivity index (χ4n) is 2.20. The van der Waals surface area contributed by atoms with Gasteiger partial charge in [-0.05, 0) is 42.8 Å². The monoisotopic (exact) mass is 383 g/mol. The molecule has 0 fully saturated rings. The van der Waals surface area contributed by atoms with Gasteiger partial charge in [-0.25, -0.2) is 17.9 Å². The van der Waals surface area contributed by atoms with Crippen molar-refractivity contribution in [1.82, 2.24) is 4.72 Å². The number of halogens is 1. The molecule has 2 aromatic carbocycles. The number of ether oxygens (including phenoxy) is 2. The first-order valence-corrected chi connectivity index (χ1v) is 9.18. The molecule has 8 heteroatoms. The minimum absolute atomic E-state index is 0.0101. The summed E-state index contributed by atoms with van der Waals surface area (Å²) in [6.07, 6.45) is 0. The molecule has 0 heterocycles. The van der Waals surface area contributed by atoms with Crippen molar-refractivity contribution in [2.75, 3.05) is 14.2 Å². The lowest BCUT2D eigenvalue weighted by atomic mass is 10.1. The van der Waals surface area contributed by atoms with E-state index in [1.54, 1.807) is 38.3 Å². The molecule has 0 amide bonds. The predicted octanol–water partition coefficient (Wildman–Crippen LogP) is 3.17. The van der Waals surface area contributed by atoms with Gasteiger partial charge in [-0.3, -0.25) is 0 Å². The van der Waals surface area contributed by atoms with Gasteiger partial charge in [0.05, 0.1) is 29.7 Å². The summed E-state index contributed by atoms with van der Waals surface area (Å²) in [5.74, 6) is -0.0236. The van der Waals surface area contributed by atoms with E-state index in [1.807, 2.05) is 0 Å². The van der Waals surface area contributed by atoms with Gasteiger partial charge in [0.15, 0.2) is 0 Å². The fraction of sp³-hybridized carbons (Fsp3) is 0.235. The van der Waals surface area contributed by atoms with Gasteiger partial charge >= 0.3 is 5.97 Å². The fourth-order valence-corrected chi connectivity index (χ4v) is 3.65. The van der Waals surface area contributed by atoms with Crippen molar-refractivity contribution in [3.05, 3.63) is 58.6 Å². The third kappa shape index (κ3) is 4.50. The van der Waals surface area contributed by atoms with E-state index in [9.17, 15) is 13.2 Å². The van der Waals surface area contributed by atoms with Gasteiger partial charge in [-0.1, -0.05) is 23.7 Å². The Balaban J connectivity index is 2.27.